The van der Waals surface area contributed by atoms with Gasteiger partial charge in [-0.15, -0.1) is 11.3 Å². The van der Waals surface area contributed by atoms with Gasteiger partial charge in [0.15, 0.2) is 5.11 Å². The number of ether oxygens (including phenoxy) is 1. The van der Waals surface area contributed by atoms with Crippen LogP contribution < -0.4 is 15.4 Å². The minimum atomic E-state index is -0.358. The molecule has 0 atom stereocenters. The van der Waals surface area contributed by atoms with E-state index in [1.165, 1.54) is 11.3 Å². The second-order valence-corrected chi connectivity index (χ2v) is 9.37. The third-order valence-corrected chi connectivity index (χ3v) is 6.62. The second kappa shape index (κ2) is 10.6. The molecule has 5 rings (SSSR count). The number of para-hydroxylation sites is 1. The van der Waals surface area contributed by atoms with Gasteiger partial charge in [0.25, 0.3) is 5.91 Å². The van der Waals surface area contributed by atoms with Crippen LogP contribution in [0.25, 0.3) is 20.8 Å². The molecule has 0 bridgehead atoms. The Balaban J connectivity index is 1.24. The van der Waals surface area contributed by atoms with E-state index in [4.69, 9.17) is 17.0 Å². The van der Waals surface area contributed by atoms with Crippen LogP contribution >= 0.6 is 23.6 Å². The first kappa shape index (κ1) is 23.5. The van der Waals surface area contributed by atoms with E-state index in [2.05, 4.69) is 15.6 Å². The summed E-state index contributed by atoms with van der Waals surface area (Å²) in [6.07, 6.45) is 0. The highest BCUT2D eigenvalue weighted by molar-refractivity contribution is 7.80. The molecule has 6 nitrogen and oxygen atoms in total. The Morgan fingerprint density at radius 1 is 0.944 bits per heavy atom. The van der Waals surface area contributed by atoms with Gasteiger partial charge in [-0.05, 0) is 66.3 Å². The molecule has 178 valence electrons. The number of nitrogens with one attached hydrogen (secondary N) is 2. The predicted octanol–water partition coefficient (Wildman–Crippen LogP) is 6.37. The van der Waals surface area contributed by atoms with Crippen molar-refractivity contribution in [3.63, 3.8) is 0 Å². The zero-order chi connectivity index (χ0) is 24.9. The van der Waals surface area contributed by atoms with Crippen molar-refractivity contribution in [1.82, 2.24) is 10.3 Å². The molecule has 0 aliphatic carbocycles. The van der Waals surface area contributed by atoms with E-state index in [1.54, 1.807) is 42.5 Å². The first-order valence-corrected chi connectivity index (χ1v) is 12.4. The van der Waals surface area contributed by atoms with Crippen molar-refractivity contribution in [2.75, 3.05) is 5.32 Å². The summed E-state index contributed by atoms with van der Waals surface area (Å²) in [7, 11) is 0. The number of hydrogen-bond donors (Lipinski definition) is 3. The molecule has 0 fully saturated rings. The fraction of sp³-hybridized carbons (Fsp3) is 0.0357. The number of nitrogens with zero attached hydrogens (tertiary/aromatic N) is 1. The van der Waals surface area contributed by atoms with Crippen molar-refractivity contribution < 1.29 is 14.6 Å². The third-order valence-electron chi connectivity index (χ3n) is 5.35. The van der Waals surface area contributed by atoms with E-state index in [1.807, 2.05) is 54.6 Å². The van der Waals surface area contributed by atoms with Gasteiger partial charge < -0.3 is 15.2 Å². The van der Waals surface area contributed by atoms with E-state index in [-0.39, 0.29) is 16.8 Å². The number of amides is 1. The van der Waals surface area contributed by atoms with Crippen molar-refractivity contribution in [3.05, 3.63) is 108 Å². The topological polar surface area (TPSA) is 83.5 Å². The summed E-state index contributed by atoms with van der Waals surface area (Å²) in [5.41, 5.74) is 3.53. The zero-order valence-corrected chi connectivity index (χ0v) is 20.6. The van der Waals surface area contributed by atoms with Gasteiger partial charge in [0.1, 0.15) is 23.1 Å². The molecule has 0 unspecified atom stereocenters. The van der Waals surface area contributed by atoms with Gasteiger partial charge in [0.2, 0.25) is 0 Å². The number of anilines is 1. The summed E-state index contributed by atoms with van der Waals surface area (Å²) in [5, 5.41) is 16.9. The lowest BCUT2D eigenvalue weighted by Crippen LogP contribution is -2.34. The summed E-state index contributed by atoms with van der Waals surface area (Å²) in [5.74, 6) is 0.342. The molecule has 1 amide bonds. The Kier molecular flexibility index (Phi) is 6.88. The van der Waals surface area contributed by atoms with E-state index in [0.717, 1.165) is 15.8 Å². The summed E-state index contributed by atoms with van der Waals surface area (Å²) >= 11 is 6.85. The lowest BCUT2D eigenvalue weighted by atomic mass is 10.2. The van der Waals surface area contributed by atoms with Crippen LogP contribution in [0.4, 0.5) is 5.69 Å². The Bertz CT molecular complexity index is 1520. The van der Waals surface area contributed by atoms with Crippen LogP contribution in [0.5, 0.6) is 11.5 Å². The SMILES string of the molecule is O=C(NC(=S)Nc1ccc(O)c(-c2nc3ccccc3s2)c1)c1cccc(OCc2ccccc2)c1. The second-order valence-electron chi connectivity index (χ2n) is 7.93. The van der Waals surface area contributed by atoms with Crippen LogP contribution in [-0.4, -0.2) is 21.1 Å². The first-order valence-electron chi connectivity index (χ1n) is 11.1. The summed E-state index contributed by atoms with van der Waals surface area (Å²) in [4.78, 5) is 17.4. The van der Waals surface area contributed by atoms with Gasteiger partial charge in [-0.25, -0.2) is 4.98 Å². The van der Waals surface area contributed by atoms with Crippen molar-refractivity contribution in [1.29, 1.82) is 0 Å². The summed E-state index contributed by atoms with van der Waals surface area (Å²) in [6.45, 7) is 0.406. The standard InChI is InChI=1S/C28H21N3O3S2/c32-24-14-13-20(16-22(24)27-30-23-11-4-5-12-25(23)36-27)29-28(35)31-26(33)19-9-6-10-21(15-19)34-17-18-7-2-1-3-8-18/h1-16,32H,17H2,(H2,29,31,33,35). The summed E-state index contributed by atoms with van der Waals surface area (Å²) in [6, 6.07) is 29.5. The van der Waals surface area contributed by atoms with E-state index < -0.39 is 0 Å². The number of thiocarbonyl (C=S) groups is 1. The average Bonchev–Trinajstić information content (AvgIpc) is 3.33. The third kappa shape index (κ3) is 5.51. The number of rotatable bonds is 6. The Labute approximate surface area is 217 Å². The Hall–Kier alpha value is -4.27. The highest BCUT2D eigenvalue weighted by atomic mass is 32.1. The number of carbonyl (C=O) groups is 1. The molecule has 4 aromatic carbocycles. The number of fused-ring (bicyclic) bond motifs is 1. The maximum absolute atomic E-state index is 12.8. The molecule has 8 heteroatoms. The molecular formula is C28H21N3O3S2. The number of aromatic hydroxyl groups is 1. The Morgan fingerprint density at radius 2 is 1.75 bits per heavy atom. The molecule has 0 saturated carbocycles. The lowest BCUT2D eigenvalue weighted by Gasteiger charge is -2.12. The van der Waals surface area contributed by atoms with Gasteiger partial charge in [-0.1, -0.05) is 48.5 Å². The predicted molar refractivity (Wildman–Crippen MR) is 148 cm³/mol. The van der Waals surface area contributed by atoms with E-state index >= 15 is 0 Å². The van der Waals surface area contributed by atoms with Crippen molar-refractivity contribution in [3.8, 4) is 22.1 Å². The van der Waals surface area contributed by atoms with Crippen molar-refractivity contribution in [2.45, 2.75) is 6.61 Å². The molecule has 1 heterocycles. The van der Waals surface area contributed by atoms with Gasteiger partial charge in [-0.2, -0.15) is 0 Å². The van der Waals surface area contributed by atoms with Crippen LogP contribution in [0.15, 0.2) is 97.1 Å². The van der Waals surface area contributed by atoms with Crippen molar-refractivity contribution >= 4 is 50.5 Å². The largest absolute Gasteiger partial charge is 0.507 e. The molecule has 1 aromatic heterocycles. The number of aromatic nitrogens is 1. The molecule has 0 aliphatic heterocycles. The van der Waals surface area contributed by atoms with Crippen molar-refractivity contribution in [2.24, 2.45) is 0 Å². The smallest absolute Gasteiger partial charge is 0.257 e. The van der Waals surface area contributed by atoms with E-state index in [9.17, 15) is 9.90 Å². The number of carbonyl (C=O) groups excluding carboxylic acids is 1. The van der Waals surface area contributed by atoms with Gasteiger partial charge in [0, 0.05) is 11.3 Å². The van der Waals surface area contributed by atoms with Crippen LogP contribution in [0, 0.1) is 0 Å². The Morgan fingerprint density at radius 3 is 2.58 bits per heavy atom. The highest BCUT2D eigenvalue weighted by Crippen LogP contribution is 2.36. The van der Waals surface area contributed by atoms with E-state index in [0.29, 0.717) is 34.2 Å². The number of phenols is 1. The van der Waals surface area contributed by atoms with Gasteiger partial charge in [-0.3, -0.25) is 10.1 Å². The number of thiazole rings is 1. The lowest BCUT2D eigenvalue weighted by molar-refractivity contribution is 0.0977. The summed E-state index contributed by atoms with van der Waals surface area (Å²) < 4.78 is 6.85. The molecular weight excluding hydrogens is 490 g/mol. The fourth-order valence-electron chi connectivity index (χ4n) is 3.58. The monoisotopic (exact) mass is 511 g/mol. The normalized spacial score (nSPS) is 10.7. The van der Waals surface area contributed by atoms with Crippen LogP contribution in [-0.2, 0) is 6.61 Å². The number of phenolic OH excluding ortho intramolecular Hbond substituents is 1. The van der Waals surface area contributed by atoms with Gasteiger partial charge >= 0.3 is 0 Å². The molecule has 36 heavy (non-hydrogen) atoms. The quantitative estimate of drug-likeness (QED) is 0.181. The van der Waals surface area contributed by atoms with Crippen LogP contribution in [0.1, 0.15) is 15.9 Å². The number of benzene rings is 4. The molecule has 0 radical (unpaired) electrons. The first-order chi connectivity index (χ1) is 17.5. The fourth-order valence-corrected chi connectivity index (χ4v) is 4.78. The molecule has 0 spiro atoms. The maximum atomic E-state index is 12.8. The highest BCUT2D eigenvalue weighted by Gasteiger charge is 2.13. The molecule has 5 aromatic rings. The maximum Gasteiger partial charge on any atom is 0.257 e. The zero-order valence-electron chi connectivity index (χ0n) is 19.0. The minimum Gasteiger partial charge on any atom is -0.507 e. The molecule has 0 aliphatic rings. The van der Waals surface area contributed by atoms with Crippen LogP contribution in [0.2, 0.25) is 0 Å². The van der Waals surface area contributed by atoms with Gasteiger partial charge in [0.05, 0.1) is 15.8 Å². The molecule has 0 saturated heterocycles. The number of hydrogen-bond acceptors (Lipinski definition) is 6. The van der Waals surface area contributed by atoms with Crippen LogP contribution in [0.3, 0.4) is 0 Å². The molecule has 3 N–H and O–H groups in total. The average molecular weight is 512 g/mol. The minimum absolute atomic E-state index is 0.113.